The summed E-state index contributed by atoms with van der Waals surface area (Å²) in [5.41, 5.74) is 4.59. The molecule has 124 valence electrons. The number of hydrogen-bond donors (Lipinski definition) is 2. The fraction of sp³-hybridized carbons (Fsp3) is 0.333. The lowest BCUT2D eigenvalue weighted by Crippen LogP contribution is -2.27. The third-order valence-electron chi connectivity index (χ3n) is 4.23. The van der Waals surface area contributed by atoms with Crippen molar-refractivity contribution >= 4 is 16.8 Å². The molecule has 0 unspecified atom stereocenters. The summed E-state index contributed by atoms with van der Waals surface area (Å²) >= 11 is 0. The Morgan fingerprint density at radius 1 is 1.17 bits per heavy atom. The van der Waals surface area contributed by atoms with Crippen LogP contribution in [0, 0.1) is 27.7 Å². The largest absolute Gasteiger partial charge is 0.342 e. The summed E-state index contributed by atoms with van der Waals surface area (Å²) in [6.07, 6.45) is 0. The standard InChI is InChI=1S/C18H21N5O/c1-9-6-7-14-15(8-10(2)19-16(14)11(9)3)18(24)20-12(4)17-21-13(5)22-23-17/h6-8,12H,1-5H3,(H,20,24)(H,21,22,23)/t12-/m1/s1. The number of nitrogens with one attached hydrogen (secondary N) is 2. The zero-order valence-corrected chi connectivity index (χ0v) is 14.6. The Kier molecular flexibility index (Phi) is 4.05. The lowest BCUT2D eigenvalue weighted by atomic mass is 10.0. The fourth-order valence-electron chi connectivity index (χ4n) is 2.74. The first-order valence-electron chi connectivity index (χ1n) is 7.94. The van der Waals surface area contributed by atoms with E-state index in [1.807, 2.05) is 52.8 Å². The van der Waals surface area contributed by atoms with Crippen LogP contribution < -0.4 is 5.32 Å². The molecule has 6 heteroatoms. The second kappa shape index (κ2) is 6.03. The molecule has 0 aliphatic rings. The van der Waals surface area contributed by atoms with Gasteiger partial charge in [0.05, 0.1) is 17.1 Å². The van der Waals surface area contributed by atoms with Crippen LogP contribution in [0.4, 0.5) is 0 Å². The molecule has 6 nitrogen and oxygen atoms in total. The number of H-pyrrole nitrogens is 1. The van der Waals surface area contributed by atoms with E-state index in [1.54, 1.807) is 0 Å². The molecular weight excluding hydrogens is 302 g/mol. The maximum Gasteiger partial charge on any atom is 0.252 e. The van der Waals surface area contributed by atoms with Crippen LogP contribution in [0.3, 0.4) is 0 Å². The van der Waals surface area contributed by atoms with Crippen molar-refractivity contribution in [3.05, 3.63) is 52.2 Å². The number of amides is 1. The second-order valence-corrected chi connectivity index (χ2v) is 6.19. The summed E-state index contributed by atoms with van der Waals surface area (Å²) in [6, 6.07) is 5.52. The highest BCUT2D eigenvalue weighted by Gasteiger charge is 2.18. The SMILES string of the molecule is Cc1cc(C(=O)N[C@H](C)c2n[nH]c(C)n2)c2ccc(C)c(C)c2n1. The van der Waals surface area contributed by atoms with E-state index >= 15 is 0 Å². The van der Waals surface area contributed by atoms with Crippen molar-refractivity contribution < 1.29 is 4.79 Å². The number of carbonyl (C=O) groups excluding carboxylic acids is 1. The van der Waals surface area contributed by atoms with Gasteiger partial charge in [-0.1, -0.05) is 12.1 Å². The van der Waals surface area contributed by atoms with Crippen LogP contribution in [0.25, 0.3) is 10.9 Å². The first-order chi connectivity index (χ1) is 11.4. The molecule has 0 saturated carbocycles. The topological polar surface area (TPSA) is 83.6 Å². The quantitative estimate of drug-likeness (QED) is 0.776. The van der Waals surface area contributed by atoms with Crippen LogP contribution in [0.15, 0.2) is 18.2 Å². The zero-order chi connectivity index (χ0) is 17.4. The molecular formula is C18H21N5O. The summed E-state index contributed by atoms with van der Waals surface area (Å²) < 4.78 is 0. The zero-order valence-electron chi connectivity index (χ0n) is 14.6. The van der Waals surface area contributed by atoms with E-state index in [-0.39, 0.29) is 11.9 Å². The summed E-state index contributed by atoms with van der Waals surface area (Å²) in [6.45, 7) is 9.68. The van der Waals surface area contributed by atoms with Crippen molar-refractivity contribution in [2.24, 2.45) is 0 Å². The number of aromatic amines is 1. The molecule has 0 aliphatic carbocycles. The first-order valence-corrected chi connectivity index (χ1v) is 7.94. The van der Waals surface area contributed by atoms with Gasteiger partial charge < -0.3 is 5.32 Å². The smallest absolute Gasteiger partial charge is 0.252 e. The van der Waals surface area contributed by atoms with Crippen LogP contribution in [-0.2, 0) is 0 Å². The van der Waals surface area contributed by atoms with Gasteiger partial charge in [0.15, 0.2) is 5.82 Å². The Balaban J connectivity index is 1.99. The highest BCUT2D eigenvalue weighted by Crippen LogP contribution is 2.24. The Morgan fingerprint density at radius 2 is 1.92 bits per heavy atom. The number of carbonyl (C=O) groups is 1. The summed E-state index contributed by atoms with van der Waals surface area (Å²) in [5, 5.41) is 10.7. The van der Waals surface area contributed by atoms with Crippen molar-refractivity contribution in [2.45, 2.75) is 40.7 Å². The number of pyridine rings is 1. The molecule has 0 fully saturated rings. The monoisotopic (exact) mass is 323 g/mol. The number of aryl methyl sites for hydroxylation is 4. The van der Waals surface area contributed by atoms with Gasteiger partial charge in [0, 0.05) is 11.1 Å². The van der Waals surface area contributed by atoms with Crippen molar-refractivity contribution in [1.29, 1.82) is 0 Å². The highest BCUT2D eigenvalue weighted by molar-refractivity contribution is 6.07. The van der Waals surface area contributed by atoms with Gasteiger partial charge in [0.25, 0.3) is 5.91 Å². The minimum Gasteiger partial charge on any atom is -0.342 e. The van der Waals surface area contributed by atoms with Crippen molar-refractivity contribution in [3.8, 4) is 0 Å². The van der Waals surface area contributed by atoms with Gasteiger partial charge in [0.1, 0.15) is 5.82 Å². The molecule has 24 heavy (non-hydrogen) atoms. The molecule has 3 aromatic rings. The molecule has 2 heterocycles. The summed E-state index contributed by atoms with van der Waals surface area (Å²) in [4.78, 5) is 21.7. The molecule has 2 N–H and O–H groups in total. The molecule has 3 rings (SSSR count). The van der Waals surface area contributed by atoms with Gasteiger partial charge in [-0.2, -0.15) is 5.10 Å². The predicted molar refractivity (Wildman–Crippen MR) is 93.0 cm³/mol. The van der Waals surface area contributed by atoms with E-state index in [2.05, 4.69) is 25.5 Å². The Morgan fingerprint density at radius 3 is 2.58 bits per heavy atom. The van der Waals surface area contributed by atoms with Crippen LogP contribution in [-0.4, -0.2) is 26.1 Å². The molecule has 0 radical (unpaired) electrons. The van der Waals surface area contributed by atoms with Crippen molar-refractivity contribution in [3.63, 3.8) is 0 Å². The fourth-order valence-corrected chi connectivity index (χ4v) is 2.74. The van der Waals surface area contributed by atoms with E-state index in [9.17, 15) is 4.79 Å². The average molecular weight is 323 g/mol. The molecule has 0 bridgehead atoms. The molecule has 1 aromatic carbocycles. The van der Waals surface area contributed by atoms with Crippen LogP contribution in [0.5, 0.6) is 0 Å². The van der Waals surface area contributed by atoms with E-state index in [4.69, 9.17) is 0 Å². The van der Waals surface area contributed by atoms with Gasteiger partial charge in [-0.05, 0) is 51.8 Å². The number of rotatable bonds is 3. The molecule has 0 spiro atoms. The maximum atomic E-state index is 12.8. The van der Waals surface area contributed by atoms with Gasteiger partial charge in [0.2, 0.25) is 0 Å². The third kappa shape index (κ3) is 2.87. The Hall–Kier alpha value is -2.76. The van der Waals surface area contributed by atoms with Crippen LogP contribution in [0.2, 0.25) is 0 Å². The first kappa shape index (κ1) is 16.1. The Labute approximate surface area is 140 Å². The predicted octanol–water partition coefficient (Wildman–Crippen LogP) is 3.08. The molecule has 1 atom stereocenters. The Bertz CT molecular complexity index is 929. The third-order valence-corrected chi connectivity index (χ3v) is 4.23. The second-order valence-electron chi connectivity index (χ2n) is 6.19. The van der Waals surface area contributed by atoms with E-state index in [1.165, 1.54) is 0 Å². The van der Waals surface area contributed by atoms with Crippen molar-refractivity contribution in [2.75, 3.05) is 0 Å². The molecule has 1 amide bonds. The number of hydrogen-bond acceptors (Lipinski definition) is 4. The van der Waals surface area contributed by atoms with Gasteiger partial charge in [-0.3, -0.25) is 14.9 Å². The minimum atomic E-state index is -0.280. The summed E-state index contributed by atoms with van der Waals surface area (Å²) in [7, 11) is 0. The lowest BCUT2D eigenvalue weighted by Gasteiger charge is -2.14. The van der Waals surface area contributed by atoms with E-state index in [0.29, 0.717) is 11.4 Å². The van der Waals surface area contributed by atoms with Crippen LogP contribution in [0.1, 0.15) is 51.8 Å². The molecule has 0 saturated heterocycles. The lowest BCUT2D eigenvalue weighted by molar-refractivity contribution is 0.0940. The normalized spacial score (nSPS) is 12.4. The van der Waals surface area contributed by atoms with E-state index < -0.39 is 0 Å². The summed E-state index contributed by atoms with van der Waals surface area (Å²) in [5.74, 6) is 1.15. The molecule has 2 aromatic heterocycles. The van der Waals surface area contributed by atoms with Gasteiger partial charge in [-0.25, -0.2) is 4.98 Å². The van der Waals surface area contributed by atoms with Crippen molar-refractivity contribution in [1.82, 2.24) is 25.5 Å². The maximum absolute atomic E-state index is 12.8. The number of fused-ring (bicyclic) bond motifs is 1. The van der Waals surface area contributed by atoms with E-state index in [0.717, 1.165) is 33.5 Å². The average Bonchev–Trinajstić information content (AvgIpc) is 2.97. The van der Waals surface area contributed by atoms with Gasteiger partial charge in [-0.15, -0.1) is 0 Å². The van der Waals surface area contributed by atoms with Crippen LogP contribution >= 0.6 is 0 Å². The molecule has 0 aliphatic heterocycles. The highest BCUT2D eigenvalue weighted by atomic mass is 16.1. The number of nitrogens with zero attached hydrogens (tertiary/aromatic N) is 3. The minimum absolute atomic E-state index is 0.149. The number of aromatic nitrogens is 4. The number of benzene rings is 1. The van der Waals surface area contributed by atoms with Gasteiger partial charge >= 0.3 is 0 Å².